The van der Waals surface area contributed by atoms with Crippen LogP contribution in [0.25, 0.3) is 0 Å². The van der Waals surface area contributed by atoms with Crippen molar-refractivity contribution in [3.8, 4) is 5.75 Å². The Morgan fingerprint density at radius 1 is 0.967 bits per heavy atom. The number of ether oxygens (including phenoxy) is 2. The van der Waals surface area contributed by atoms with Crippen LogP contribution in [0.4, 0.5) is 11.4 Å². The van der Waals surface area contributed by atoms with Crippen LogP contribution in [-0.4, -0.2) is 45.2 Å². The van der Waals surface area contributed by atoms with Crippen LogP contribution in [-0.2, 0) is 9.53 Å². The van der Waals surface area contributed by atoms with E-state index in [0.29, 0.717) is 31.0 Å². The molecule has 0 fully saturated rings. The first-order valence-electron chi connectivity index (χ1n) is 10.3. The van der Waals surface area contributed by atoms with Gasteiger partial charge in [0.25, 0.3) is 5.91 Å². The lowest BCUT2D eigenvalue weighted by Crippen LogP contribution is -2.25. The molecule has 0 atom stereocenters. The smallest absolute Gasteiger partial charge is 0.251 e. The third-order valence-corrected chi connectivity index (χ3v) is 4.30. The van der Waals surface area contributed by atoms with Crippen LogP contribution in [0.5, 0.6) is 5.75 Å². The maximum absolute atomic E-state index is 12.2. The molecule has 7 heteroatoms. The third kappa shape index (κ3) is 8.53. The lowest BCUT2D eigenvalue weighted by molar-refractivity contribution is -0.114. The van der Waals surface area contributed by atoms with Crippen molar-refractivity contribution in [3.63, 3.8) is 0 Å². The highest BCUT2D eigenvalue weighted by molar-refractivity contribution is 5.96. The topological polar surface area (TPSA) is 88.7 Å². The summed E-state index contributed by atoms with van der Waals surface area (Å²) in [6.07, 6.45) is 2.85. The molecule has 0 spiro atoms. The Morgan fingerprint density at radius 3 is 2.50 bits per heavy atom. The second kappa shape index (κ2) is 13.2. The Hall–Kier alpha value is -3.06. The quantitative estimate of drug-likeness (QED) is 0.436. The predicted molar refractivity (Wildman–Crippen MR) is 119 cm³/mol. The molecule has 0 bridgehead atoms. The summed E-state index contributed by atoms with van der Waals surface area (Å²) >= 11 is 0. The lowest BCUT2D eigenvalue weighted by Gasteiger charge is -2.10. The van der Waals surface area contributed by atoms with Gasteiger partial charge in [0.05, 0.1) is 13.2 Å². The Morgan fingerprint density at radius 2 is 1.77 bits per heavy atom. The second-order valence-corrected chi connectivity index (χ2v) is 6.81. The molecule has 7 nitrogen and oxygen atoms in total. The number of hydrogen-bond donors (Lipinski definition) is 3. The molecule has 162 valence electrons. The molecule has 3 N–H and O–H groups in total. The molecule has 2 rings (SSSR count). The molecule has 2 amide bonds. The van der Waals surface area contributed by atoms with Gasteiger partial charge in [-0.3, -0.25) is 9.59 Å². The molecule has 0 radical (unpaired) electrons. The number of carbonyl (C=O) groups excluding carboxylic acids is 2. The van der Waals surface area contributed by atoms with Crippen molar-refractivity contribution in [3.05, 3.63) is 54.1 Å². The van der Waals surface area contributed by atoms with Gasteiger partial charge in [-0.05, 0) is 49.2 Å². The molecule has 0 aliphatic carbocycles. The van der Waals surface area contributed by atoms with Gasteiger partial charge in [-0.2, -0.15) is 0 Å². The first-order chi connectivity index (χ1) is 14.6. The Balaban J connectivity index is 1.77. The summed E-state index contributed by atoms with van der Waals surface area (Å²) in [6.45, 7) is 4.09. The van der Waals surface area contributed by atoms with Gasteiger partial charge in [-0.25, -0.2) is 0 Å². The fourth-order valence-electron chi connectivity index (χ4n) is 2.64. The number of rotatable bonds is 13. The van der Waals surface area contributed by atoms with Crippen LogP contribution in [0.1, 0.15) is 36.5 Å². The van der Waals surface area contributed by atoms with Crippen LogP contribution in [0.2, 0.25) is 0 Å². The average Bonchev–Trinajstić information content (AvgIpc) is 2.76. The van der Waals surface area contributed by atoms with E-state index < -0.39 is 0 Å². The summed E-state index contributed by atoms with van der Waals surface area (Å²) < 4.78 is 10.6. The number of hydrogen-bond acceptors (Lipinski definition) is 5. The molecule has 0 saturated heterocycles. The van der Waals surface area contributed by atoms with Gasteiger partial charge in [0.15, 0.2) is 0 Å². The van der Waals surface area contributed by atoms with Crippen molar-refractivity contribution < 1.29 is 19.1 Å². The van der Waals surface area contributed by atoms with Gasteiger partial charge in [0, 0.05) is 43.3 Å². The standard InChI is InChI=1S/C23H31N3O4/c1-3-4-15-30-21-8-5-7-20(16-21)25-17-22(27)26-19-11-9-18(10-12-19)23(28)24-13-6-14-29-2/h5,7-12,16,25H,3-4,6,13-15,17H2,1-2H3,(H,24,28)(H,26,27). The second-order valence-electron chi connectivity index (χ2n) is 6.81. The van der Waals surface area contributed by atoms with Crippen LogP contribution < -0.4 is 20.7 Å². The molecule has 0 aliphatic rings. The maximum Gasteiger partial charge on any atom is 0.251 e. The zero-order valence-corrected chi connectivity index (χ0v) is 17.7. The van der Waals surface area contributed by atoms with Gasteiger partial charge >= 0.3 is 0 Å². The molecule has 2 aromatic rings. The molecule has 0 aliphatic heterocycles. The van der Waals surface area contributed by atoms with Crippen molar-refractivity contribution in [2.75, 3.05) is 44.0 Å². The molecule has 0 aromatic heterocycles. The van der Waals surface area contributed by atoms with E-state index in [2.05, 4.69) is 22.9 Å². The van der Waals surface area contributed by atoms with Crippen LogP contribution in [0, 0.1) is 0 Å². The number of unbranched alkanes of at least 4 members (excludes halogenated alkanes) is 1. The molecule has 0 heterocycles. The Bertz CT molecular complexity index is 793. The largest absolute Gasteiger partial charge is 0.494 e. The minimum atomic E-state index is -0.177. The van der Waals surface area contributed by atoms with Crippen LogP contribution in [0.3, 0.4) is 0 Å². The van der Waals surface area contributed by atoms with Crippen LogP contribution >= 0.6 is 0 Å². The van der Waals surface area contributed by atoms with E-state index in [1.165, 1.54) is 0 Å². The molecule has 30 heavy (non-hydrogen) atoms. The number of amides is 2. The van der Waals surface area contributed by atoms with Gasteiger partial charge < -0.3 is 25.4 Å². The number of benzene rings is 2. The van der Waals surface area contributed by atoms with E-state index in [1.54, 1.807) is 31.4 Å². The summed E-state index contributed by atoms with van der Waals surface area (Å²) in [5, 5.41) is 8.73. The SMILES string of the molecule is CCCCOc1cccc(NCC(=O)Nc2ccc(C(=O)NCCCOC)cc2)c1. The monoisotopic (exact) mass is 413 g/mol. The van der Waals surface area contributed by atoms with Gasteiger partial charge in [0.2, 0.25) is 5.91 Å². The van der Waals surface area contributed by atoms with Gasteiger partial charge in [-0.1, -0.05) is 19.4 Å². The zero-order chi connectivity index (χ0) is 21.6. The lowest BCUT2D eigenvalue weighted by atomic mass is 10.2. The summed E-state index contributed by atoms with van der Waals surface area (Å²) in [4.78, 5) is 24.3. The number of methoxy groups -OCH3 is 1. The van der Waals surface area contributed by atoms with E-state index >= 15 is 0 Å². The van der Waals surface area contributed by atoms with E-state index in [-0.39, 0.29) is 18.4 Å². The highest BCUT2D eigenvalue weighted by Gasteiger charge is 2.07. The van der Waals surface area contributed by atoms with E-state index in [9.17, 15) is 9.59 Å². The molecular formula is C23H31N3O4. The van der Waals surface area contributed by atoms with Crippen molar-refractivity contribution in [2.45, 2.75) is 26.2 Å². The fourth-order valence-corrected chi connectivity index (χ4v) is 2.64. The van der Waals surface area contributed by atoms with Gasteiger partial charge in [0.1, 0.15) is 5.75 Å². The predicted octanol–water partition coefficient (Wildman–Crippen LogP) is 3.68. The van der Waals surface area contributed by atoms with Crippen molar-refractivity contribution in [1.29, 1.82) is 0 Å². The summed E-state index contributed by atoms with van der Waals surface area (Å²) in [5.41, 5.74) is 2.00. The molecule has 0 unspecified atom stereocenters. The zero-order valence-electron chi connectivity index (χ0n) is 17.7. The minimum Gasteiger partial charge on any atom is -0.494 e. The van der Waals surface area contributed by atoms with E-state index in [4.69, 9.17) is 9.47 Å². The Labute approximate surface area is 178 Å². The van der Waals surface area contributed by atoms with E-state index in [0.717, 1.165) is 30.7 Å². The first kappa shape index (κ1) is 23.2. The van der Waals surface area contributed by atoms with Crippen LogP contribution in [0.15, 0.2) is 48.5 Å². The molecule has 2 aromatic carbocycles. The number of nitrogens with one attached hydrogen (secondary N) is 3. The highest BCUT2D eigenvalue weighted by atomic mass is 16.5. The van der Waals surface area contributed by atoms with Crippen molar-refractivity contribution >= 4 is 23.2 Å². The Kier molecular flexibility index (Phi) is 10.2. The number of carbonyl (C=O) groups is 2. The van der Waals surface area contributed by atoms with E-state index in [1.807, 2.05) is 24.3 Å². The molecular weight excluding hydrogens is 382 g/mol. The summed E-state index contributed by atoms with van der Waals surface area (Å²) in [7, 11) is 1.63. The number of anilines is 2. The maximum atomic E-state index is 12.2. The average molecular weight is 414 g/mol. The molecule has 0 saturated carbocycles. The normalized spacial score (nSPS) is 10.3. The highest BCUT2D eigenvalue weighted by Crippen LogP contribution is 2.17. The van der Waals surface area contributed by atoms with Gasteiger partial charge in [-0.15, -0.1) is 0 Å². The van der Waals surface area contributed by atoms with Crippen molar-refractivity contribution in [2.24, 2.45) is 0 Å². The minimum absolute atomic E-state index is 0.125. The summed E-state index contributed by atoms with van der Waals surface area (Å²) in [6, 6.07) is 14.4. The summed E-state index contributed by atoms with van der Waals surface area (Å²) in [5.74, 6) is 0.459. The third-order valence-electron chi connectivity index (χ3n) is 4.30. The fraction of sp³-hybridized carbons (Fsp3) is 0.391. The first-order valence-corrected chi connectivity index (χ1v) is 10.3. The van der Waals surface area contributed by atoms with Crippen molar-refractivity contribution in [1.82, 2.24) is 5.32 Å².